The van der Waals surface area contributed by atoms with E-state index in [0.717, 1.165) is 18.5 Å². The number of amides is 1. The van der Waals surface area contributed by atoms with Gasteiger partial charge in [-0.2, -0.15) is 0 Å². The predicted octanol–water partition coefficient (Wildman–Crippen LogP) is 3.00. The summed E-state index contributed by atoms with van der Waals surface area (Å²) in [6, 6.07) is 10.5. The molecule has 21 heavy (non-hydrogen) atoms. The van der Waals surface area contributed by atoms with E-state index in [1.165, 1.54) is 17.0 Å². The lowest BCUT2D eigenvalue weighted by molar-refractivity contribution is -0.123. The summed E-state index contributed by atoms with van der Waals surface area (Å²) in [6.07, 6.45) is 1.27. The van der Waals surface area contributed by atoms with Crippen LogP contribution in [0, 0.1) is 5.82 Å². The van der Waals surface area contributed by atoms with Gasteiger partial charge < -0.3 is 10.6 Å². The molecule has 2 atom stereocenters. The first kappa shape index (κ1) is 14.2. The highest BCUT2D eigenvalue weighted by Gasteiger charge is 2.29. The predicted molar refractivity (Wildman–Crippen MR) is 81.5 cm³/mol. The molecule has 1 aliphatic rings. The van der Waals surface area contributed by atoms with Gasteiger partial charge in [0.1, 0.15) is 5.82 Å². The SMILES string of the molecule is O=C1CC[C@@H](NCc2cccs2)[C@H](c2cccc(F)c2)N1. The molecule has 2 N–H and O–H groups in total. The first-order valence-electron chi connectivity index (χ1n) is 7.03. The average molecular weight is 304 g/mol. The van der Waals surface area contributed by atoms with Crippen LogP contribution in [0.25, 0.3) is 0 Å². The van der Waals surface area contributed by atoms with Gasteiger partial charge in [0, 0.05) is 23.9 Å². The zero-order chi connectivity index (χ0) is 14.7. The molecule has 3 rings (SSSR count). The van der Waals surface area contributed by atoms with Crippen LogP contribution in [0.3, 0.4) is 0 Å². The molecular weight excluding hydrogens is 287 g/mol. The topological polar surface area (TPSA) is 41.1 Å². The van der Waals surface area contributed by atoms with Crippen LogP contribution in [0.1, 0.15) is 29.3 Å². The molecule has 0 aliphatic carbocycles. The monoisotopic (exact) mass is 304 g/mol. The Morgan fingerprint density at radius 3 is 3.00 bits per heavy atom. The van der Waals surface area contributed by atoms with Crippen molar-refractivity contribution in [3.63, 3.8) is 0 Å². The number of benzene rings is 1. The van der Waals surface area contributed by atoms with Crippen LogP contribution in [0.2, 0.25) is 0 Å². The second kappa shape index (κ2) is 6.37. The summed E-state index contributed by atoms with van der Waals surface area (Å²) in [5.41, 5.74) is 0.812. The Labute approximate surface area is 127 Å². The van der Waals surface area contributed by atoms with Gasteiger partial charge in [0.05, 0.1) is 6.04 Å². The molecular formula is C16H17FN2OS. The van der Waals surface area contributed by atoms with Gasteiger partial charge in [-0.1, -0.05) is 18.2 Å². The van der Waals surface area contributed by atoms with Crippen LogP contribution >= 0.6 is 11.3 Å². The lowest BCUT2D eigenvalue weighted by Crippen LogP contribution is -2.48. The highest BCUT2D eigenvalue weighted by molar-refractivity contribution is 7.09. The first-order chi connectivity index (χ1) is 10.2. The maximum absolute atomic E-state index is 13.4. The fourth-order valence-corrected chi connectivity index (χ4v) is 3.34. The van der Waals surface area contributed by atoms with E-state index in [1.807, 2.05) is 17.5 Å². The van der Waals surface area contributed by atoms with E-state index in [0.29, 0.717) is 6.42 Å². The molecule has 0 spiro atoms. The van der Waals surface area contributed by atoms with Crippen LogP contribution in [0.5, 0.6) is 0 Å². The number of hydrogen-bond acceptors (Lipinski definition) is 3. The fraction of sp³-hybridized carbons (Fsp3) is 0.312. The summed E-state index contributed by atoms with van der Waals surface area (Å²) in [6.45, 7) is 0.768. The molecule has 1 fully saturated rings. The molecule has 110 valence electrons. The molecule has 0 radical (unpaired) electrons. The van der Waals surface area contributed by atoms with Gasteiger partial charge in [-0.3, -0.25) is 4.79 Å². The van der Waals surface area contributed by atoms with Crippen molar-refractivity contribution in [1.29, 1.82) is 0 Å². The van der Waals surface area contributed by atoms with Crippen molar-refractivity contribution >= 4 is 17.2 Å². The number of carbonyl (C=O) groups is 1. The summed E-state index contributed by atoms with van der Waals surface area (Å²) in [5.74, 6) is -0.247. The van der Waals surface area contributed by atoms with Crippen molar-refractivity contribution in [2.45, 2.75) is 31.5 Å². The van der Waals surface area contributed by atoms with Crippen molar-refractivity contribution in [1.82, 2.24) is 10.6 Å². The lowest BCUT2D eigenvalue weighted by Gasteiger charge is -2.33. The van der Waals surface area contributed by atoms with Gasteiger partial charge in [-0.05, 0) is 35.6 Å². The van der Waals surface area contributed by atoms with Gasteiger partial charge in [0.25, 0.3) is 0 Å². The van der Waals surface area contributed by atoms with Crippen molar-refractivity contribution in [3.8, 4) is 0 Å². The third kappa shape index (κ3) is 3.49. The van der Waals surface area contributed by atoms with Gasteiger partial charge in [0.2, 0.25) is 5.91 Å². The van der Waals surface area contributed by atoms with E-state index in [-0.39, 0.29) is 23.8 Å². The Bertz CT molecular complexity index is 614. The summed E-state index contributed by atoms with van der Waals surface area (Å²) in [4.78, 5) is 12.9. The number of hydrogen-bond donors (Lipinski definition) is 2. The van der Waals surface area contributed by atoms with E-state index >= 15 is 0 Å². The van der Waals surface area contributed by atoms with E-state index in [2.05, 4.69) is 16.7 Å². The molecule has 5 heteroatoms. The minimum absolute atomic E-state index is 0.0263. The molecule has 1 aliphatic heterocycles. The number of halogens is 1. The van der Waals surface area contributed by atoms with Crippen molar-refractivity contribution in [2.75, 3.05) is 0 Å². The Morgan fingerprint density at radius 1 is 1.33 bits per heavy atom. The van der Waals surface area contributed by atoms with Gasteiger partial charge in [0.15, 0.2) is 0 Å². The molecule has 0 unspecified atom stereocenters. The minimum atomic E-state index is -0.274. The number of rotatable bonds is 4. The van der Waals surface area contributed by atoms with Crippen LogP contribution in [0.15, 0.2) is 41.8 Å². The molecule has 1 aromatic carbocycles. The van der Waals surface area contributed by atoms with E-state index < -0.39 is 0 Å². The highest BCUT2D eigenvalue weighted by atomic mass is 32.1. The van der Waals surface area contributed by atoms with Crippen LogP contribution in [0.4, 0.5) is 4.39 Å². The number of nitrogens with one attached hydrogen (secondary N) is 2. The molecule has 2 aromatic rings. The summed E-state index contributed by atoms with van der Waals surface area (Å²) in [5, 5.41) is 8.51. The Hall–Kier alpha value is -1.72. The summed E-state index contributed by atoms with van der Waals surface area (Å²) in [7, 11) is 0. The average Bonchev–Trinajstić information content (AvgIpc) is 2.99. The van der Waals surface area contributed by atoms with E-state index in [4.69, 9.17) is 0 Å². The molecule has 0 bridgehead atoms. The quantitative estimate of drug-likeness (QED) is 0.911. The molecule has 1 saturated heterocycles. The molecule has 2 heterocycles. The van der Waals surface area contributed by atoms with Gasteiger partial charge >= 0.3 is 0 Å². The van der Waals surface area contributed by atoms with Gasteiger partial charge in [-0.25, -0.2) is 4.39 Å². The van der Waals surface area contributed by atoms with Gasteiger partial charge in [-0.15, -0.1) is 11.3 Å². The standard InChI is InChI=1S/C16H17FN2OS/c17-12-4-1-3-11(9-12)16-14(6-7-15(20)19-16)18-10-13-5-2-8-21-13/h1-5,8-9,14,16,18H,6-7,10H2,(H,19,20)/t14-,16+/m1/s1. The minimum Gasteiger partial charge on any atom is -0.348 e. The second-order valence-corrected chi connectivity index (χ2v) is 6.24. The number of piperidine rings is 1. The Balaban J connectivity index is 1.74. The molecule has 3 nitrogen and oxygen atoms in total. The Morgan fingerprint density at radius 2 is 2.24 bits per heavy atom. The molecule has 0 saturated carbocycles. The molecule has 1 amide bonds. The van der Waals surface area contributed by atoms with E-state index in [1.54, 1.807) is 17.4 Å². The highest BCUT2D eigenvalue weighted by Crippen LogP contribution is 2.25. The van der Waals surface area contributed by atoms with Crippen LogP contribution in [-0.4, -0.2) is 11.9 Å². The summed E-state index contributed by atoms with van der Waals surface area (Å²) >= 11 is 1.70. The fourth-order valence-electron chi connectivity index (χ4n) is 2.68. The second-order valence-electron chi connectivity index (χ2n) is 5.21. The zero-order valence-corrected chi connectivity index (χ0v) is 12.3. The van der Waals surface area contributed by atoms with Crippen LogP contribution in [-0.2, 0) is 11.3 Å². The third-order valence-electron chi connectivity index (χ3n) is 3.73. The van der Waals surface area contributed by atoms with Crippen molar-refractivity contribution < 1.29 is 9.18 Å². The molecule has 1 aromatic heterocycles. The smallest absolute Gasteiger partial charge is 0.220 e. The lowest BCUT2D eigenvalue weighted by atomic mass is 9.92. The number of thiophene rings is 1. The largest absolute Gasteiger partial charge is 0.348 e. The maximum Gasteiger partial charge on any atom is 0.220 e. The number of carbonyl (C=O) groups excluding carboxylic acids is 1. The summed E-state index contributed by atoms with van der Waals surface area (Å²) < 4.78 is 13.4. The van der Waals surface area contributed by atoms with Crippen molar-refractivity contribution in [3.05, 3.63) is 58.0 Å². The van der Waals surface area contributed by atoms with Crippen molar-refractivity contribution in [2.24, 2.45) is 0 Å². The van der Waals surface area contributed by atoms with Crippen LogP contribution < -0.4 is 10.6 Å². The normalized spacial score (nSPS) is 22.0. The zero-order valence-electron chi connectivity index (χ0n) is 11.5. The third-order valence-corrected chi connectivity index (χ3v) is 4.60. The first-order valence-corrected chi connectivity index (χ1v) is 7.91. The van der Waals surface area contributed by atoms with E-state index in [9.17, 15) is 9.18 Å². The Kier molecular flexibility index (Phi) is 4.31. The maximum atomic E-state index is 13.4.